The Morgan fingerprint density at radius 3 is 1.30 bits per heavy atom. The van der Waals surface area contributed by atoms with Gasteiger partial charge in [0.05, 0.1) is 101 Å². The van der Waals surface area contributed by atoms with Crippen LogP contribution in [-0.4, -0.2) is 98.7 Å². The highest BCUT2D eigenvalue weighted by Gasteiger charge is 2.54. The van der Waals surface area contributed by atoms with E-state index in [2.05, 4.69) is 50.1 Å². The molecule has 5 aromatic carbocycles. The largest absolute Gasteiger partial charge is 0.374 e. The summed E-state index contributed by atoms with van der Waals surface area (Å²) in [6, 6.07) is 42.6. The van der Waals surface area contributed by atoms with E-state index in [0.717, 1.165) is 27.8 Å². The summed E-state index contributed by atoms with van der Waals surface area (Å²) in [4.78, 5) is 15.7. The van der Waals surface area contributed by atoms with Crippen molar-refractivity contribution >= 4 is 0 Å². The average molecular weight is 1050 g/mol. The highest BCUT2D eigenvalue weighted by Crippen LogP contribution is 2.39. The van der Waals surface area contributed by atoms with E-state index in [9.17, 15) is 27.7 Å². The first-order chi connectivity index (χ1) is 38.0. The van der Waals surface area contributed by atoms with Gasteiger partial charge in [-0.25, -0.2) is 0 Å². The van der Waals surface area contributed by atoms with Crippen molar-refractivity contribution in [1.82, 2.24) is 0 Å². The fourth-order valence-corrected chi connectivity index (χ4v) is 9.59. The molecule has 2 heterocycles. The summed E-state index contributed by atoms with van der Waals surface area (Å²) < 4.78 is 60.3. The van der Waals surface area contributed by atoms with Crippen LogP contribution in [0.15, 0.2) is 177 Å². The standard InChI is InChI=1S/C53H57N15O9/c54-64-59-28-44-43(70-30-36-18-8-2-9-19-36)27-42(62-67-57)52(74-44)76-47-40(60-65-55)26-41(61-66-56)48(51(47)73-33-39-24-14-5-15-25-39)77-53-50(72-32-38-22-12-4-13-23-38)46(63-68-58)49(71-31-37-20-10-3-11-21-37)45(75-53)34-69-29-35-16-6-1-7-17-35/h1-25,40-53H,26-34H2/t40-,41+,42+,43-,44+,45+,46-,47+,48-,49+,50+,51-,52+,53+/m0/s1. The molecule has 2 saturated heterocycles. The predicted molar refractivity (Wildman–Crippen MR) is 278 cm³/mol. The van der Waals surface area contributed by atoms with Gasteiger partial charge in [0.2, 0.25) is 0 Å². The van der Waals surface area contributed by atoms with Crippen LogP contribution in [0.5, 0.6) is 0 Å². The monoisotopic (exact) mass is 1050 g/mol. The van der Waals surface area contributed by atoms with E-state index in [0.29, 0.717) is 0 Å². The number of azide groups is 5. The molecule has 0 bridgehead atoms. The van der Waals surface area contributed by atoms with Gasteiger partial charge in [-0.1, -0.05) is 177 Å². The second-order valence-corrected chi connectivity index (χ2v) is 18.3. The summed E-state index contributed by atoms with van der Waals surface area (Å²) in [7, 11) is 0. The van der Waals surface area contributed by atoms with Gasteiger partial charge in [0.25, 0.3) is 0 Å². The van der Waals surface area contributed by atoms with Gasteiger partial charge in [0.15, 0.2) is 12.6 Å². The van der Waals surface area contributed by atoms with Crippen molar-refractivity contribution in [2.45, 2.75) is 131 Å². The summed E-state index contributed by atoms with van der Waals surface area (Å²) in [6.07, 6.45) is -11.5. The normalized spacial score (nSPS) is 27.7. The maximum absolute atomic E-state index is 10.3. The number of hydrogen-bond donors (Lipinski definition) is 0. The van der Waals surface area contributed by atoms with Gasteiger partial charge in [0, 0.05) is 24.6 Å². The minimum atomic E-state index is -1.42. The lowest BCUT2D eigenvalue weighted by atomic mass is 9.83. The molecule has 0 N–H and O–H groups in total. The zero-order valence-electron chi connectivity index (χ0n) is 41.8. The fourth-order valence-electron chi connectivity index (χ4n) is 9.59. The third-order valence-corrected chi connectivity index (χ3v) is 13.3. The Bertz CT molecular complexity index is 2840. The number of rotatable bonds is 26. The first-order valence-electron chi connectivity index (χ1n) is 25.0. The Morgan fingerprint density at radius 1 is 0.403 bits per heavy atom. The lowest BCUT2D eigenvalue weighted by molar-refractivity contribution is -0.330. The molecule has 0 aromatic heterocycles. The van der Waals surface area contributed by atoms with Crippen molar-refractivity contribution in [3.05, 3.63) is 232 Å². The lowest BCUT2D eigenvalue weighted by Gasteiger charge is -2.50. The Balaban J connectivity index is 1.18. The quantitative estimate of drug-likeness (QED) is 0.0288. The first kappa shape index (κ1) is 55.5. The molecule has 0 spiro atoms. The minimum absolute atomic E-state index is 0.0166. The van der Waals surface area contributed by atoms with Crippen LogP contribution in [0.3, 0.4) is 0 Å². The fraction of sp³-hybridized carbons (Fsp3) is 0.434. The SMILES string of the molecule is [N-]=[N+]=NC[C@H]1O[C@H](O[C@H]2[C@H](OCc3ccccc3)[C@@H](O[C@H]3O[C@H](COCc4ccccc4)[C@@H](OCc4ccccc4)[C@H](N=[N+]=[N-])[C@H]3OCc3ccccc3)[C@H](N=[N+]=[N-])C[C@@H]2N=[N+]=[N-])[C@H](N=[N+]=[N-])C[C@@H]1OCc1ccccc1. The van der Waals surface area contributed by atoms with E-state index in [-0.39, 0.29) is 59.0 Å². The Morgan fingerprint density at radius 2 is 0.818 bits per heavy atom. The second-order valence-electron chi connectivity index (χ2n) is 18.3. The molecular formula is C53H57N15O9. The van der Waals surface area contributed by atoms with E-state index in [1.807, 2.05) is 152 Å². The highest BCUT2D eigenvalue weighted by atomic mass is 16.7. The Kier molecular flexibility index (Phi) is 21.3. The van der Waals surface area contributed by atoms with E-state index < -0.39 is 85.6 Å². The molecule has 24 heteroatoms. The molecule has 1 aliphatic carbocycles. The average Bonchev–Trinajstić information content (AvgIpc) is 3.47. The first-order valence-corrected chi connectivity index (χ1v) is 25.0. The molecule has 1 saturated carbocycles. The van der Waals surface area contributed by atoms with Crippen molar-refractivity contribution in [2.75, 3.05) is 13.2 Å². The molecule has 77 heavy (non-hydrogen) atoms. The molecule has 0 radical (unpaired) electrons. The van der Waals surface area contributed by atoms with Gasteiger partial charge in [-0.15, -0.1) is 0 Å². The van der Waals surface area contributed by atoms with E-state index in [4.69, 9.17) is 42.6 Å². The smallest absolute Gasteiger partial charge is 0.185 e. The van der Waals surface area contributed by atoms with Crippen LogP contribution in [0.2, 0.25) is 0 Å². The van der Waals surface area contributed by atoms with Crippen LogP contribution in [-0.2, 0) is 75.7 Å². The van der Waals surface area contributed by atoms with Crippen LogP contribution < -0.4 is 0 Å². The van der Waals surface area contributed by atoms with Gasteiger partial charge in [-0.3, -0.25) is 0 Å². The van der Waals surface area contributed by atoms with Crippen molar-refractivity contribution in [2.24, 2.45) is 25.6 Å². The Hall–Kier alpha value is -7.71. The van der Waals surface area contributed by atoms with E-state index in [1.165, 1.54) is 0 Å². The molecule has 3 aliphatic rings. The molecular weight excluding hydrogens is 991 g/mol. The van der Waals surface area contributed by atoms with E-state index >= 15 is 0 Å². The third kappa shape index (κ3) is 15.7. The van der Waals surface area contributed by atoms with Crippen molar-refractivity contribution in [3.63, 3.8) is 0 Å². The van der Waals surface area contributed by atoms with Gasteiger partial charge < -0.3 is 42.6 Å². The molecule has 0 unspecified atom stereocenters. The molecule has 3 fully saturated rings. The van der Waals surface area contributed by atoms with Crippen LogP contribution in [0, 0.1) is 0 Å². The molecule has 2 aliphatic heterocycles. The van der Waals surface area contributed by atoms with Crippen LogP contribution in [0.4, 0.5) is 0 Å². The van der Waals surface area contributed by atoms with Crippen molar-refractivity contribution in [3.8, 4) is 0 Å². The number of nitrogens with zero attached hydrogens (tertiary/aromatic N) is 15. The summed E-state index contributed by atoms with van der Waals surface area (Å²) in [5, 5.41) is 20.6. The van der Waals surface area contributed by atoms with Gasteiger partial charge in [-0.05, 0) is 68.3 Å². The molecule has 24 nitrogen and oxygen atoms in total. The number of ether oxygens (including phenoxy) is 9. The predicted octanol–water partition coefficient (Wildman–Crippen LogP) is 11.6. The van der Waals surface area contributed by atoms with Gasteiger partial charge >= 0.3 is 0 Å². The number of hydrogen-bond acceptors (Lipinski definition) is 14. The topological polar surface area (TPSA) is 327 Å². The molecule has 0 amide bonds. The Labute approximate surface area is 443 Å². The summed E-state index contributed by atoms with van der Waals surface area (Å²) in [5.74, 6) is 0. The van der Waals surface area contributed by atoms with Crippen LogP contribution in [0.25, 0.3) is 52.2 Å². The van der Waals surface area contributed by atoms with Crippen molar-refractivity contribution in [1.29, 1.82) is 0 Å². The summed E-state index contributed by atoms with van der Waals surface area (Å²) in [5.41, 5.74) is 54.0. The summed E-state index contributed by atoms with van der Waals surface area (Å²) >= 11 is 0. The van der Waals surface area contributed by atoms with Crippen molar-refractivity contribution < 1.29 is 42.6 Å². The second kappa shape index (κ2) is 29.6. The maximum atomic E-state index is 10.3. The third-order valence-electron chi connectivity index (χ3n) is 13.3. The molecule has 8 rings (SSSR count). The van der Waals surface area contributed by atoms with Crippen LogP contribution >= 0.6 is 0 Å². The highest BCUT2D eigenvalue weighted by molar-refractivity contribution is 5.18. The minimum Gasteiger partial charge on any atom is -0.374 e. The van der Waals surface area contributed by atoms with Gasteiger partial charge in [-0.2, -0.15) is 0 Å². The van der Waals surface area contributed by atoms with Gasteiger partial charge in [0.1, 0.15) is 18.3 Å². The summed E-state index contributed by atoms with van der Waals surface area (Å²) in [6.45, 7) is 0.215. The van der Waals surface area contributed by atoms with Crippen LogP contribution in [0.1, 0.15) is 40.7 Å². The maximum Gasteiger partial charge on any atom is 0.185 e. The molecule has 5 aromatic rings. The molecule has 398 valence electrons. The zero-order chi connectivity index (χ0) is 53.4. The zero-order valence-corrected chi connectivity index (χ0v) is 41.8. The lowest BCUT2D eigenvalue weighted by Crippen LogP contribution is -2.64. The van der Waals surface area contributed by atoms with E-state index in [1.54, 1.807) is 0 Å². The molecule has 14 atom stereocenters. The number of benzene rings is 5.